The van der Waals surface area contributed by atoms with E-state index in [1.165, 1.54) is 43.5 Å². The topological polar surface area (TPSA) is 15.3 Å². The minimum atomic E-state index is 0.464. The summed E-state index contributed by atoms with van der Waals surface area (Å²) in [5, 5.41) is 3.66. The van der Waals surface area contributed by atoms with Crippen LogP contribution >= 0.6 is 0 Å². The van der Waals surface area contributed by atoms with Crippen LogP contribution in [-0.2, 0) is 0 Å². The maximum absolute atomic E-state index is 3.66. The zero-order chi connectivity index (χ0) is 14.4. The van der Waals surface area contributed by atoms with Gasteiger partial charge in [-0.05, 0) is 50.8 Å². The molecule has 1 aromatic rings. The molecule has 1 atom stereocenters. The number of aryl methyl sites for hydroxylation is 1. The molecule has 1 fully saturated rings. The molecule has 0 aliphatic heterocycles. The summed E-state index contributed by atoms with van der Waals surface area (Å²) >= 11 is 0. The fourth-order valence-electron chi connectivity index (χ4n) is 2.83. The molecule has 0 amide bonds. The Morgan fingerprint density at radius 2 is 1.90 bits per heavy atom. The second-order valence-corrected chi connectivity index (χ2v) is 6.22. The largest absolute Gasteiger partial charge is 0.309 e. The third-order valence-corrected chi connectivity index (χ3v) is 4.12. The average Bonchev–Trinajstić information content (AvgIpc) is 3.23. The second-order valence-electron chi connectivity index (χ2n) is 6.22. The van der Waals surface area contributed by atoms with Gasteiger partial charge in [0, 0.05) is 19.1 Å². The lowest BCUT2D eigenvalue weighted by atomic mass is 10.0. The molecule has 1 N–H and O–H groups in total. The normalized spacial score (nSPS) is 16.6. The first kappa shape index (κ1) is 15.5. The Morgan fingerprint density at radius 3 is 2.45 bits per heavy atom. The number of likely N-dealkylation sites (N-methyl/N-ethyl adjacent to an activating group) is 1. The summed E-state index contributed by atoms with van der Waals surface area (Å²) in [4.78, 5) is 2.66. The van der Waals surface area contributed by atoms with Crippen LogP contribution in [0.5, 0.6) is 0 Å². The van der Waals surface area contributed by atoms with Crippen LogP contribution in [0.25, 0.3) is 0 Å². The van der Waals surface area contributed by atoms with Gasteiger partial charge in [0.15, 0.2) is 0 Å². The average molecular weight is 274 g/mol. The molecular formula is C18H30N2. The van der Waals surface area contributed by atoms with E-state index in [1.807, 2.05) is 0 Å². The first-order valence-corrected chi connectivity index (χ1v) is 8.25. The molecule has 0 heterocycles. The van der Waals surface area contributed by atoms with Crippen LogP contribution in [0.15, 0.2) is 24.3 Å². The molecular weight excluding hydrogens is 244 g/mol. The molecule has 2 rings (SSSR count). The van der Waals surface area contributed by atoms with Crippen molar-refractivity contribution in [1.29, 1.82) is 0 Å². The molecule has 1 aliphatic carbocycles. The Balaban J connectivity index is 1.99. The fraction of sp³-hybridized carbons (Fsp3) is 0.667. The monoisotopic (exact) mass is 274 g/mol. The van der Waals surface area contributed by atoms with Gasteiger partial charge in [-0.25, -0.2) is 0 Å². The highest BCUT2D eigenvalue weighted by Crippen LogP contribution is 2.30. The zero-order valence-electron chi connectivity index (χ0n) is 13.4. The Kier molecular flexibility index (Phi) is 6.06. The number of hydrogen-bond donors (Lipinski definition) is 1. The molecule has 2 nitrogen and oxygen atoms in total. The van der Waals surface area contributed by atoms with Crippen molar-refractivity contribution < 1.29 is 0 Å². The summed E-state index contributed by atoms with van der Waals surface area (Å²) in [6, 6.07) is 9.48. The summed E-state index contributed by atoms with van der Waals surface area (Å²) in [6.07, 6.45) is 4.13. The van der Waals surface area contributed by atoms with Crippen LogP contribution in [0.1, 0.15) is 50.3 Å². The molecule has 1 aromatic carbocycles. The van der Waals surface area contributed by atoms with Gasteiger partial charge in [0.05, 0.1) is 0 Å². The van der Waals surface area contributed by atoms with Crippen molar-refractivity contribution >= 4 is 0 Å². The molecule has 2 heteroatoms. The minimum absolute atomic E-state index is 0.464. The highest BCUT2D eigenvalue weighted by Gasteiger charge is 2.25. The smallest absolute Gasteiger partial charge is 0.0449 e. The predicted molar refractivity (Wildman–Crippen MR) is 87.1 cm³/mol. The minimum Gasteiger partial charge on any atom is -0.309 e. The van der Waals surface area contributed by atoms with Gasteiger partial charge in [-0.3, -0.25) is 0 Å². The van der Waals surface area contributed by atoms with Gasteiger partial charge in [0.25, 0.3) is 0 Å². The fourth-order valence-corrected chi connectivity index (χ4v) is 2.83. The number of benzene rings is 1. The number of hydrogen-bond acceptors (Lipinski definition) is 2. The van der Waals surface area contributed by atoms with E-state index < -0.39 is 0 Å². The van der Waals surface area contributed by atoms with Crippen LogP contribution in [0.4, 0.5) is 0 Å². The van der Waals surface area contributed by atoms with E-state index in [-0.39, 0.29) is 0 Å². The first-order chi connectivity index (χ1) is 9.72. The van der Waals surface area contributed by atoms with Gasteiger partial charge < -0.3 is 10.2 Å². The van der Waals surface area contributed by atoms with E-state index in [0.29, 0.717) is 6.04 Å². The highest BCUT2D eigenvalue weighted by molar-refractivity contribution is 5.24. The second kappa shape index (κ2) is 7.80. The van der Waals surface area contributed by atoms with E-state index in [9.17, 15) is 0 Å². The van der Waals surface area contributed by atoms with Crippen molar-refractivity contribution in [3.05, 3.63) is 35.4 Å². The van der Waals surface area contributed by atoms with Crippen molar-refractivity contribution in [3.63, 3.8) is 0 Å². The van der Waals surface area contributed by atoms with E-state index in [4.69, 9.17) is 0 Å². The Hall–Kier alpha value is -0.860. The first-order valence-electron chi connectivity index (χ1n) is 8.25. The van der Waals surface area contributed by atoms with E-state index in [0.717, 1.165) is 19.0 Å². The van der Waals surface area contributed by atoms with Crippen LogP contribution in [0, 0.1) is 12.8 Å². The zero-order valence-corrected chi connectivity index (χ0v) is 13.4. The molecule has 0 bridgehead atoms. The van der Waals surface area contributed by atoms with Crippen molar-refractivity contribution in [2.24, 2.45) is 5.92 Å². The molecule has 1 saturated carbocycles. The summed E-state index contributed by atoms with van der Waals surface area (Å²) in [6.45, 7) is 11.3. The van der Waals surface area contributed by atoms with Gasteiger partial charge in [0.2, 0.25) is 0 Å². The van der Waals surface area contributed by atoms with Gasteiger partial charge in [0.1, 0.15) is 0 Å². The third-order valence-electron chi connectivity index (χ3n) is 4.12. The maximum atomic E-state index is 3.66. The molecule has 0 saturated heterocycles. The number of nitrogens with zero attached hydrogens (tertiary/aromatic N) is 1. The molecule has 112 valence electrons. The lowest BCUT2D eigenvalue weighted by Gasteiger charge is -2.28. The molecule has 1 aliphatic rings. The molecule has 0 spiro atoms. The van der Waals surface area contributed by atoms with Crippen LogP contribution < -0.4 is 5.32 Å². The maximum Gasteiger partial charge on any atom is 0.0449 e. The number of rotatable bonds is 9. The summed E-state index contributed by atoms with van der Waals surface area (Å²) in [7, 11) is 0. The summed E-state index contributed by atoms with van der Waals surface area (Å²) in [5.41, 5.74) is 2.77. The van der Waals surface area contributed by atoms with Crippen molar-refractivity contribution in [3.8, 4) is 0 Å². The van der Waals surface area contributed by atoms with Crippen molar-refractivity contribution in [1.82, 2.24) is 10.2 Å². The van der Waals surface area contributed by atoms with E-state index >= 15 is 0 Å². The van der Waals surface area contributed by atoms with Gasteiger partial charge >= 0.3 is 0 Å². The molecule has 0 aromatic heterocycles. The Labute approximate surface area is 124 Å². The van der Waals surface area contributed by atoms with E-state index in [2.05, 4.69) is 55.3 Å². The van der Waals surface area contributed by atoms with Crippen LogP contribution in [0.3, 0.4) is 0 Å². The van der Waals surface area contributed by atoms with Crippen LogP contribution in [-0.4, -0.2) is 31.1 Å². The lowest BCUT2D eigenvalue weighted by Crippen LogP contribution is -2.37. The third kappa shape index (κ3) is 4.92. The van der Waals surface area contributed by atoms with Gasteiger partial charge in [-0.2, -0.15) is 0 Å². The quantitative estimate of drug-likeness (QED) is 0.737. The Bertz CT molecular complexity index is 381. The summed E-state index contributed by atoms with van der Waals surface area (Å²) in [5.74, 6) is 0.974. The van der Waals surface area contributed by atoms with E-state index in [1.54, 1.807) is 0 Å². The summed E-state index contributed by atoms with van der Waals surface area (Å²) < 4.78 is 0. The number of nitrogens with one attached hydrogen (secondary N) is 1. The predicted octanol–water partition coefficient (Wildman–Crippen LogP) is 3.77. The highest BCUT2D eigenvalue weighted by atomic mass is 15.2. The molecule has 20 heavy (non-hydrogen) atoms. The van der Waals surface area contributed by atoms with Crippen molar-refractivity contribution in [2.75, 3.05) is 26.2 Å². The van der Waals surface area contributed by atoms with Crippen molar-refractivity contribution in [2.45, 2.75) is 46.1 Å². The molecule has 1 unspecified atom stereocenters. The molecule has 0 radical (unpaired) electrons. The lowest BCUT2D eigenvalue weighted by molar-refractivity contribution is 0.234. The van der Waals surface area contributed by atoms with Crippen LogP contribution in [0.2, 0.25) is 0 Å². The Morgan fingerprint density at radius 1 is 1.20 bits per heavy atom. The SMILES string of the molecule is CCCN(CC1CC1)CC(NCC)c1ccc(C)cc1. The standard InChI is InChI=1S/C18H30N2/c1-4-12-20(13-16-8-9-16)14-18(19-5-2)17-10-6-15(3)7-11-17/h6-7,10-11,16,18-19H,4-5,8-9,12-14H2,1-3H3. The van der Waals surface area contributed by atoms with Gasteiger partial charge in [-0.15, -0.1) is 0 Å². The van der Waals surface area contributed by atoms with Gasteiger partial charge in [-0.1, -0.05) is 43.7 Å².